The number of aromatic amines is 1. The Morgan fingerprint density at radius 2 is 1.79 bits per heavy atom. The number of pyridine rings is 1. The topological polar surface area (TPSA) is 75.1 Å². The molecule has 1 unspecified atom stereocenters. The standard InChI is InChI=1S/C22H17ClN2O3/c23-19-7-3-1-5-15(19)18(17-11-24-20-8-4-2-6-16(17)20)13-25-12-14(22(27)28)9-10-21(25)26/h1-12,18,24H,13H2,(H,27,28). The van der Waals surface area contributed by atoms with E-state index in [4.69, 9.17) is 11.6 Å². The molecule has 0 radical (unpaired) electrons. The van der Waals surface area contributed by atoms with Crippen LogP contribution in [-0.2, 0) is 6.54 Å². The molecule has 0 bridgehead atoms. The summed E-state index contributed by atoms with van der Waals surface area (Å²) in [7, 11) is 0. The van der Waals surface area contributed by atoms with Crippen LogP contribution in [0.1, 0.15) is 27.4 Å². The number of rotatable bonds is 5. The minimum absolute atomic E-state index is 0.0661. The summed E-state index contributed by atoms with van der Waals surface area (Å²) in [5.41, 5.74) is 2.66. The van der Waals surface area contributed by atoms with Crippen LogP contribution >= 0.6 is 11.6 Å². The van der Waals surface area contributed by atoms with Crippen LogP contribution in [0.25, 0.3) is 10.9 Å². The van der Waals surface area contributed by atoms with Crippen molar-refractivity contribution in [2.24, 2.45) is 0 Å². The van der Waals surface area contributed by atoms with Crippen molar-refractivity contribution >= 4 is 28.5 Å². The zero-order chi connectivity index (χ0) is 19.7. The predicted octanol–water partition coefficient (Wildman–Crippen LogP) is 4.51. The van der Waals surface area contributed by atoms with E-state index < -0.39 is 5.97 Å². The van der Waals surface area contributed by atoms with Crippen LogP contribution in [0.15, 0.2) is 77.9 Å². The highest BCUT2D eigenvalue weighted by Gasteiger charge is 2.21. The molecule has 4 rings (SSSR count). The average molecular weight is 393 g/mol. The van der Waals surface area contributed by atoms with Gasteiger partial charge in [0, 0.05) is 46.8 Å². The molecule has 6 heteroatoms. The summed E-state index contributed by atoms with van der Waals surface area (Å²) in [6, 6.07) is 18.0. The molecule has 0 fully saturated rings. The maximum Gasteiger partial charge on any atom is 0.337 e. The number of nitrogens with zero attached hydrogens (tertiary/aromatic N) is 1. The van der Waals surface area contributed by atoms with Crippen molar-refractivity contribution in [3.8, 4) is 0 Å². The van der Waals surface area contributed by atoms with Crippen LogP contribution in [0.4, 0.5) is 0 Å². The highest BCUT2D eigenvalue weighted by molar-refractivity contribution is 6.31. The molecule has 28 heavy (non-hydrogen) atoms. The van der Waals surface area contributed by atoms with Gasteiger partial charge in [0.05, 0.1) is 5.56 Å². The molecule has 0 spiro atoms. The number of carbonyl (C=O) groups is 1. The lowest BCUT2D eigenvalue weighted by atomic mass is 9.90. The minimum Gasteiger partial charge on any atom is -0.478 e. The fraction of sp³-hybridized carbons (Fsp3) is 0.0909. The van der Waals surface area contributed by atoms with Crippen LogP contribution in [-0.4, -0.2) is 20.6 Å². The van der Waals surface area contributed by atoms with Gasteiger partial charge in [-0.2, -0.15) is 0 Å². The van der Waals surface area contributed by atoms with Crippen molar-refractivity contribution in [3.05, 3.63) is 105 Å². The second-order valence-electron chi connectivity index (χ2n) is 6.58. The molecule has 0 aliphatic heterocycles. The summed E-state index contributed by atoms with van der Waals surface area (Å²) in [5, 5.41) is 10.9. The SMILES string of the molecule is O=C(O)c1ccc(=O)n(CC(c2ccccc2Cl)c2c[nH]c3ccccc23)c1. The Morgan fingerprint density at radius 3 is 2.57 bits per heavy atom. The van der Waals surface area contributed by atoms with Crippen LogP contribution in [0.3, 0.4) is 0 Å². The van der Waals surface area contributed by atoms with E-state index in [1.165, 1.54) is 22.9 Å². The van der Waals surface area contributed by atoms with E-state index in [9.17, 15) is 14.7 Å². The first-order chi connectivity index (χ1) is 13.5. The first-order valence-electron chi connectivity index (χ1n) is 8.79. The molecule has 0 saturated carbocycles. The number of para-hydroxylation sites is 1. The van der Waals surface area contributed by atoms with Crippen molar-refractivity contribution in [2.75, 3.05) is 0 Å². The lowest BCUT2D eigenvalue weighted by Crippen LogP contribution is -2.24. The Kier molecular flexibility index (Phi) is 4.75. The highest BCUT2D eigenvalue weighted by atomic mass is 35.5. The summed E-state index contributed by atoms with van der Waals surface area (Å²) < 4.78 is 1.43. The van der Waals surface area contributed by atoms with E-state index in [2.05, 4.69) is 4.98 Å². The van der Waals surface area contributed by atoms with Gasteiger partial charge in [-0.05, 0) is 29.3 Å². The number of nitrogens with one attached hydrogen (secondary N) is 1. The van der Waals surface area contributed by atoms with Crippen molar-refractivity contribution < 1.29 is 9.90 Å². The molecule has 2 heterocycles. The third-order valence-electron chi connectivity index (χ3n) is 4.89. The van der Waals surface area contributed by atoms with Crippen molar-refractivity contribution in [1.29, 1.82) is 0 Å². The summed E-state index contributed by atoms with van der Waals surface area (Å²) in [6.07, 6.45) is 3.30. The monoisotopic (exact) mass is 392 g/mol. The number of benzene rings is 2. The fourth-order valence-corrected chi connectivity index (χ4v) is 3.77. The van der Waals surface area contributed by atoms with Gasteiger partial charge in [-0.25, -0.2) is 4.79 Å². The highest BCUT2D eigenvalue weighted by Crippen LogP contribution is 2.35. The number of halogens is 1. The van der Waals surface area contributed by atoms with Gasteiger partial charge in [-0.1, -0.05) is 48.0 Å². The summed E-state index contributed by atoms with van der Waals surface area (Å²) >= 11 is 6.48. The Bertz CT molecular complexity index is 1230. The van der Waals surface area contributed by atoms with E-state index in [0.717, 1.165) is 22.0 Å². The molecular formula is C22H17ClN2O3. The van der Waals surface area contributed by atoms with Gasteiger partial charge in [-0.3, -0.25) is 4.79 Å². The first kappa shape index (κ1) is 18.1. The summed E-state index contributed by atoms with van der Waals surface area (Å²) in [4.78, 5) is 27.0. The summed E-state index contributed by atoms with van der Waals surface area (Å²) in [6.45, 7) is 0.269. The maximum atomic E-state index is 12.4. The molecule has 2 aromatic carbocycles. The van der Waals surface area contributed by atoms with Gasteiger partial charge in [0.25, 0.3) is 5.56 Å². The third-order valence-corrected chi connectivity index (χ3v) is 5.23. The van der Waals surface area contributed by atoms with Gasteiger partial charge < -0.3 is 14.7 Å². The van der Waals surface area contributed by atoms with Crippen molar-refractivity contribution in [2.45, 2.75) is 12.5 Å². The molecule has 2 aromatic heterocycles. The van der Waals surface area contributed by atoms with E-state index >= 15 is 0 Å². The van der Waals surface area contributed by atoms with Crippen LogP contribution < -0.4 is 5.56 Å². The molecule has 1 atom stereocenters. The average Bonchev–Trinajstić information content (AvgIpc) is 3.12. The fourth-order valence-electron chi connectivity index (χ4n) is 3.50. The third kappa shape index (κ3) is 3.32. The number of fused-ring (bicyclic) bond motifs is 1. The zero-order valence-electron chi connectivity index (χ0n) is 14.8. The molecule has 0 amide bonds. The summed E-state index contributed by atoms with van der Waals surface area (Å²) in [5.74, 6) is -1.30. The lowest BCUT2D eigenvalue weighted by molar-refractivity contribution is 0.0695. The number of aromatic carboxylic acids is 1. The number of carboxylic acid groups (broad SMARTS) is 1. The second-order valence-corrected chi connectivity index (χ2v) is 6.98. The normalized spacial score (nSPS) is 12.2. The first-order valence-corrected chi connectivity index (χ1v) is 9.16. The van der Waals surface area contributed by atoms with Crippen LogP contribution in [0.5, 0.6) is 0 Å². The Morgan fingerprint density at radius 1 is 1.04 bits per heavy atom. The zero-order valence-corrected chi connectivity index (χ0v) is 15.6. The van der Waals surface area contributed by atoms with E-state index in [1.54, 1.807) is 0 Å². The molecule has 4 aromatic rings. The van der Waals surface area contributed by atoms with Gasteiger partial charge >= 0.3 is 5.97 Å². The largest absolute Gasteiger partial charge is 0.478 e. The Labute approximate surface area is 165 Å². The number of hydrogen-bond donors (Lipinski definition) is 2. The number of H-pyrrole nitrogens is 1. The van der Waals surface area contributed by atoms with Crippen molar-refractivity contribution in [3.63, 3.8) is 0 Å². The minimum atomic E-state index is -1.07. The molecule has 5 nitrogen and oxygen atoms in total. The second kappa shape index (κ2) is 7.37. The number of carboxylic acids is 1. The lowest BCUT2D eigenvalue weighted by Gasteiger charge is -2.20. The van der Waals surface area contributed by atoms with Gasteiger partial charge in [-0.15, -0.1) is 0 Å². The van der Waals surface area contributed by atoms with E-state index in [-0.39, 0.29) is 23.6 Å². The predicted molar refractivity (Wildman–Crippen MR) is 109 cm³/mol. The van der Waals surface area contributed by atoms with Gasteiger partial charge in [0.2, 0.25) is 0 Å². The smallest absolute Gasteiger partial charge is 0.337 e. The van der Waals surface area contributed by atoms with Crippen LogP contribution in [0, 0.1) is 0 Å². The van der Waals surface area contributed by atoms with Crippen LogP contribution in [0.2, 0.25) is 5.02 Å². The van der Waals surface area contributed by atoms with E-state index in [0.29, 0.717) is 5.02 Å². The number of aromatic nitrogens is 2. The van der Waals surface area contributed by atoms with E-state index in [1.807, 2.05) is 54.7 Å². The number of hydrogen-bond acceptors (Lipinski definition) is 2. The Hall–Kier alpha value is -3.31. The molecular weight excluding hydrogens is 376 g/mol. The Balaban J connectivity index is 1.88. The van der Waals surface area contributed by atoms with Gasteiger partial charge in [0.15, 0.2) is 0 Å². The molecule has 2 N–H and O–H groups in total. The molecule has 0 aliphatic rings. The maximum absolute atomic E-state index is 12.4. The van der Waals surface area contributed by atoms with Crippen molar-refractivity contribution in [1.82, 2.24) is 9.55 Å². The molecule has 140 valence electrons. The quantitative estimate of drug-likeness (QED) is 0.524. The molecule has 0 aliphatic carbocycles. The van der Waals surface area contributed by atoms with Gasteiger partial charge in [0.1, 0.15) is 0 Å². The molecule has 0 saturated heterocycles.